The first-order valence-electron chi connectivity index (χ1n) is 7.71. The molecule has 0 spiro atoms. The summed E-state index contributed by atoms with van der Waals surface area (Å²) in [6, 6.07) is 0. The van der Waals surface area contributed by atoms with Crippen molar-refractivity contribution in [3.63, 3.8) is 0 Å². The number of fused-ring (bicyclic) bond motifs is 1. The molecule has 12 heteroatoms. The van der Waals surface area contributed by atoms with E-state index in [0.717, 1.165) is 30.3 Å². The largest absolute Gasteiger partial charge is 1.00 e. The van der Waals surface area contributed by atoms with Gasteiger partial charge in [-0.3, -0.25) is 4.18 Å². The van der Waals surface area contributed by atoms with Gasteiger partial charge in [-0.15, -0.1) is 0 Å². The Morgan fingerprint density at radius 3 is 2.60 bits per heavy atom. The SMILES string of the molecule is CC1(C)O[C@H]2O[C@H](CSC(=S)N3CCCC3)[C@H](OS(=O)(=O)[O-])[C@H]2O1.[Na+]. The molecule has 3 fully saturated rings. The number of likely N-dealkylation sites (tertiary alicyclic amines) is 1. The van der Waals surface area contributed by atoms with E-state index in [1.165, 1.54) is 11.8 Å². The van der Waals surface area contributed by atoms with Crippen molar-refractivity contribution in [3.8, 4) is 0 Å². The summed E-state index contributed by atoms with van der Waals surface area (Å²) in [7, 11) is -4.89. The molecule has 0 aromatic carbocycles. The van der Waals surface area contributed by atoms with Gasteiger partial charge in [-0.05, 0) is 26.7 Å². The molecule has 138 valence electrons. The van der Waals surface area contributed by atoms with Crippen LogP contribution in [0.2, 0.25) is 0 Å². The third-order valence-electron chi connectivity index (χ3n) is 4.05. The average Bonchev–Trinajstić information content (AvgIpc) is 3.12. The second-order valence-electron chi connectivity index (χ2n) is 6.38. The van der Waals surface area contributed by atoms with Crippen molar-refractivity contribution in [2.24, 2.45) is 0 Å². The van der Waals surface area contributed by atoms with E-state index in [0.29, 0.717) is 5.75 Å². The maximum Gasteiger partial charge on any atom is 1.00 e. The van der Waals surface area contributed by atoms with Crippen LogP contribution in [0.15, 0.2) is 0 Å². The van der Waals surface area contributed by atoms with Gasteiger partial charge in [0, 0.05) is 18.8 Å². The second-order valence-corrected chi connectivity index (χ2v) is 9.05. The summed E-state index contributed by atoms with van der Waals surface area (Å²) in [5.74, 6) is -0.567. The zero-order chi connectivity index (χ0) is 17.5. The molecule has 0 radical (unpaired) electrons. The van der Waals surface area contributed by atoms with Gasteiger partial charge in [-0.1, -0.05) is 24.0 Å². The Bertz CT molecular complexity index is 596. The van der Waals surface area contributed by atoms with Crippen LogP contribution in [-0.2, 0) is 28.8 Å². The van der Waals surface area contributed by atoms with Gasteiger partial charge >= 0.3 is 29.6 Å². The molecule has 0 amide bonds. The number of thiocarbonyl (C=S) groups is 1. The Morgan fingerprint density at radius 2 is 2.00 bits per heavy atom. The fourth-order valence-corrected chi connectivity index (χ4v) is 4.91. The van der Waals surface area contributed by atoms with Gasteiger partial charge < -0.3 is 23.7 Å². The van der Waals surface area contributed by atoms with Crippen LogP contribution < -0.4 is 29.6 Å². The maximum atomic E-state index is 11.1. The van der Waals surface area contributed by atoms with Crippen LogP contribution in [0.4, 0.5) is 0 Å². The minimum atomic E-state index is -4.89. The number of ether oxygens (including phenoxy) is 3. The van der Waals surface area contributed by atoms with E-state index in [4.69, 9.17) is 30.6 Å². The van der Waals surface area contributed by atoms with Gasteiger partial charge in [0.15, 0.2) is 12.1 Å². The summed E-state index contributed by atoms with van der Waals surface area (Å²) in [6.07, 6.45) is -1.02. The van der Waals surface area contributed by atoms with E-state index < -0.39 is 40.8 Å². The van der Waals surface area contributed by atoms with Crippen molar-refractivity contribution in [3.05, 3.63) is 0 Å². The summed E-state index contributed by atoms with van der Waals surface area (Å²) < 4.78 is 55.5. The molecule has 3 heterocycles. The summed E-state index contributed by atoms with van der Waals surface area (Å²) in [5.41, 5.74) is 0. The molecule has 0 aromatic heterocycles. The average molecular weight is 421 g/mol. The number of hydrogen-bond donors (Lipinski definition) is 0. The first kappa shape index (κ1) is 22.3. The second kappa shape index (κ2) is 8.56. The standard InChI is InChI=1S/C13H21NO7S3.Na/c1-13(2)19-10-9(21-24(15,16)17)8(18-11(10)20-13)7-23-12(22)14-5-3-4-6-14;/h8-11H,3-7H2,1-2H3,(H,15,16,17);/q;+1/p-1/t8-,9+,10-,11-;/m1./s1. The number of thioether (sulfide) groups is 1. The molecule has 4 atom stereocenters. The van der Waals surface area contributed by atoms with Crippen LogP contribution >= 0.6 is 24.0 Å². The summed E-state index contributed by atoms with van der Waals surface area (Å²) in [5, 5.41) is 0. The normalized spacial score (nSPS) is 34.0. The monoisotopic (exact) mass is 421 g/mol. The fraction of sp³-hybridized carbons (Fsp3) is 0.923. The molecule has 0 N–H and O–H groups in total. The van der Waals surface area contributed by atoms with Crippen LogP contribution in [-0.4, -0.2) is 71.4 Å². The van der Waals surface area contributed by atoms with Crippen molar-refractivity contribution in [1.29, 1.82) is 0 Å². The number of nitrogens with zero attached hydrogens (tertiary/aromatic N) is 1. The third-order valence-corrected chi connectivity index (χ3v) is 6.12. The zero-order valence-electron chi connectivity index (χ0n) is 14.4. The van der Waals surface area contributed by atoms with Crippen LogP contribution in [0.25, 0.3) is 0 Å². The predicted octanol–water partition coefficient (Wildman–Crippen LogP) is -2.17. The van der Waals surface area contributed by atoms with Crippen LogP contribution in [0.1, 0.15) is 26.7 Å². The Kier molecular flexibility index (Phi) is 7.63. The van der Waals surface area contributed by atoms with E-state index in [1.807, 2.05) is 0 Å². The molecule has 0 unspecified atom stereocenters. The fourth-order valence-electron chi connectivity index (χ4n) is 3.08. The van der Waals surface area contributed by atoms with Gasteiger partial charge in [0.05, 0.1) is 0 Å². The molecule has 0 bridgehead atoms. The minimum Gasteiger partial charge on any atom is -0.726 e. The van der Waals surface area contributed by atoms with E-state index in [-0.39, 0.29) is 29.6 Å². The molecular weight excluding hydrogens is 401 g/mol. The van der Waals surface area contributed by atoms with Gasteiger partial charge in [-0.25, -0.2) is 8.42 Å². The van der Waals surface area contributed by atoms with Crippen LogP contribution in [0.3, 0.4) is 0 Å². The molecule has 0 aliphatic carbocycles. The summed E-state index contributed by atoms with van der Waals surface area (Å²) in [6.45, 7) is 5.23. The molecule has 0 saturated carbocycles. The van der Waals surface area contributed by atoms with E-state index in [2.05, 4.69) is 4.90 Å². The molecule has 3 saturated heterocycles. The van der Waals surface area contributed by atoms with Crippen molar-refractivity contribution in [1.82, 2.24) is 4.90 Å². The minimum absolute atomic E-state index is 0. The van der Waals surface area contributed by atoms with E-state index in [1.54, 1.807) is 13.8 Å². The first-order chi connectivity index (χ1) is 11.1. The summed E-state index contributed by atoms with van der Waals surface area (Å²) >= 11 is 6.77. The molecule has 25 heavy (non-hydrogen) atoms. The van der Waals surface area contributed by atoms with Crippen molar-refractivity contribution in [2.45, 2.75) is 57.1 Å². The van der Waals surface area contributed by atoms with Gasteiger partial charge in [0.2, 0.25) is 10.4 Å². The Balaban J connectivity index is 0.00000225. The zero-order valence-corrected chi connectivity index (χ0v) is 18.8. The van der Waals surface area contributed by atoms with Crippen molar-refractivity contribution >= 4 is 38.7 Å². The number of rotatable bonds is 4. The Labute approximate surface area is 179 Å². The van der Waals surface area contributed by atoms with E-state index >= 15 is 0 Å². The Hall–Kier alpha value is 0.990. The maximum absolute atomic E-state index is 11.1. The van der Waals surface area contributed by atoms with Crippen LogP contribution in [0, 0.1) is 0 Å². The molecule has 8 nitrogen and oxygen atoms in total. The van der Waals surface area contributed by atoms with Gasteiger partial charge in [0.1, 0.15) is 22.6 Å². The van der Waals surface area contributed by atoms with Crippen LogP contribution in [0.5, 0.6) is 0 Å². The molecular formula is C13H20NNaO7S3. The van der Waals surface area contributed by atoms with Gasteiger partial charge in [0.25, 0.3) is 0 Å². The molecule has 3 aliphatic heterocycles. The predicted molar refractivity (Wildman–Crippen MR) is 89.1 cm³/mol. The molecule has 3 aliphatic rings. The molecule has 0 aromatic rings. The third kappa shape index (κ3) is 5.74. The topological polar surface area (TPSA) is 97.4 Å². The van der Waals surface area contributed by atoms with Gasteiger partial charge in [-0.2, -0.15) is 0 Å². The summed E-state index contributed by atoms with van der Waals surface area (Å²) in [4.78, 5) is 2.10. The van der Waals surface area contributed by atoms with Crippen molar-refractivity contribution < 1.29 is 60.9 Å². The smallest absolute Gasteiger partial charge is 0.726 e. The number of hydrogen-bond acceptors (Lipinski definition) is 9. The Morgan fingerprint density at radius 1 is 1.36 bits per heavy atom. The molecule has 3 rings (SSSR count). The van der Waals surface area contributed by atoms with E-state index in [9.17, 15) is 13.0 Å². The quantitative estimate of drug-likeness (QED) is 0.216. The first-order valence-corrected chi connectivity index (χ1v) is 10.4. The van der Waals surface area contributed by atoms with Crippen molar-refractivity contribution in [2.75, 3.05) is 18.8 Å².